The lowest BCUT2D eigenvalue weighted by Crippen LogP contribution is -2.19. The molecular weight excluding hydrogens is 367 g/mol. The first-order chi connectivity index (χ1) is 14.2. The average molecular weight is 390 g/mol. The Kier molecular flexibility index (Phi) is 4.73. The van der Waals surface area contributed by atoms with Crippen LogP contribution in [0.5, 0.6) is 0 Å². The average Bonchev–Trinajstić information content (AvgIpc) is 3.29. The summed E-state index contributed by atoms with van der Waals surface area (Å²) in [5.74, 6) is 0.0129. The predicted octanol–water partition coefficient (Wildman–Crippen LogP) is 4.03. The predicted molar refractivity (Wildman–Crippen MR) is 111 cm³/mol. The Hall–Kier alpha value is -2.83. The molecule has 2 aromatic heterocycles. The molecule has 0 aliphatic carbocycles. The Labute approximate surface area is 169 Å². The zero-order valence-corrected chi connectivity index (χ0v) is 16.1. The Balaban J connectivity index is 1.61. The fraction of sp³-hybridized carbons (Fsp3) is 0.304. The van der Waals surface area contributed by atoms with Gasteiger partial charge in [-0.1, -0.05) is 6.07 Å². The number of rotatable bonds is 3. The van der Waals surface area contributed by atoms with E-state index in [0.29, 0.717) is 29.7 Å². The van der Waals surface area contributed by atoms with Crippen LogP contribution in [0.2, 0.25) is 0 Å². The number of halogens is 1. The summed E-state index contributed by atoms with van der Waals surface area (Å²) in [5.41, 5.74) is 13.5. The molecule has 1 aromatic carbocycles. The zero-order valence-electron chi connectivity index (χ0n) is 16.1. The van der Waals surface area contributed by atoms with Gasteiger partial charge in [0, 0.05) is 23.4 Å². The van der Waals surface area contributed by atoms with Crippen molar-refractivity contribution in [2.24, 2.45) is 0 Å². The molecule has 1 unspecified atom stereocenters. The summed E-state index contributed by atoms with van der Waals surface area (Å²) in [6.07, 6.45) is 6.24. The van der Waals surface area contributed by atoms with Gasteiger partial charge >= 0.3 is 0 Å². The van der Waals surface area contributed by atoms with Crippen molar-refractivity contribution in [3.63, 3.8) is 0 Å². The Morgan fingerprint density at radius 3 is 2.83 bits per heavy atom. The number of aromatic nitrogens is 2. The number of benzene rings is 1. The normalized spacial score (nSPS) is 18.6. The van der Waals surface area contributed by atoms with Gasteiger partial charge in [0.1, 0.15) is 11.6 Å². The highest BCUT2D eigenvalue weighted by Gasteiger charge is 2.24. The maximum atomic E-state index is 13.3. The monoisotopic (exact) mass is 390 g/mol. The van der Waals surface area contributed by atoms with Crippen LogP contribution in [0.15, 0.2) is 42.7 Å². The third-order valence-electron chi connectivity index (χ3n) is 5.83. The highest BCUT2D eigenvalue weighted by Crippen LogP contribution is 2.36. The minimum absolute atomic E-state index is 0.366. The molecule has 1 fully saturated rings. The molecule has 0 radical (unpaired) electrons. The standard InChI is InChI=1S/C23H23FN4O/c24-17-3-4-22(27-12-17)19-10-16(11-28-23(19)25)15-8-14-5-7-29-13-20(14)18(9-15)21-2-1-6-26-21/h3-4,8-12,21,26H,1-2,5-7,13H2,(H2,25,28). The maximum absolute atomic E-state index is 13.3. The van der Waals surface area contributed by atoms with Gasteiger partial charge in [0.2, 0.25) is 0 Å². The lowest BCUT2D eigenvalue weighted by Gasteiger charge is -2.25. The number of anilines is 1. The number of fused-ring (bicyclic) bond motifs is 1. The largest absolute Gasteiger partial charge is 0.383 e. The number of ether oxygens (including phenoxy) is 1. The number of hydrogen-bond acceptors (Lipinski definition) is 5. The number of nitrogens with zero attached hydrogens (tertiary/aromatic N) is 2. The van der Waals surface area contributed by atoms with Crippen LogP contribution >= 0.6 is 0 Å². The van der Waals surface area contributed by atoms with Crippen molar-refractivity contribution >= 4 is 5.82 Å². The number of nitrogen functional groups attached to an aromatic ring is 1. The van der Waals surface area contributed by atoms with Gasteiger partial charge in [-0.2, -0.15) is 0 Å². The van der Waals surface area contributed by atoms with Gasteiger partial charge in [0.05, 0.1) is 25.1 Å². The van der Waals surface area contributed by atoms with E-state index >= 15 is 0 Å². The van der Waals surface area contributed by atoms with E-state index in [-0.39, 0.29) is 5.82 Å². The molecule has 2 aliphatic rings. The van der Waals surface area contributed by atoms with Crippen LogP contribution in [-0.4, -0.2) is 23.1 Å². The minimum atomic E-state index is -0.373. The van der Waals surface area contributed by atoms with Crippen LogP contribution in [0.4, 0.5) is 10.2 Å². The summed E-state index contributed by atoms with van der Waals surface area (Å²) in [6.45, 7) is 2.47. The molecule has 3 N–H and O–H groups in total. The quantitative estimate of drug-likeness (QED) is 0.706. The molecule has 148 valence electrons. The molecule has 5 nitrogen and oxygen atoms in total. The van der Waals surface area contributed by atoms with Crippen molar-refractivity contribution in [1.29, 1.82) is 0 Å². The number of pyridine rings is 2. The van der Waals surface area contributed by atoms with E-state index < -0.39 is 0 Å². The summed E-state index contributed by atoms with van der Waals surface area (Å²) >= 11 is 0. The van der Waals surface area contributed by atoms with Crippen LogP contribution in [0.1, 0.15) is 35.6 Å². The lowest BCUT2D eigenvalue weighted by molar-refractivity contribution is 0.109. The van der Waals surface area contributed by atoms with E-state index in [1.807, 2.05) is 6.07 Å². The molecule has 1 saturated heterocycles. The molecule has 0 amide bonds. The fourth-order valence-corrected chi connectivity index (χ4v) is 4.31. The SMILES string of the molecule is Nc1ncc(-c2cc3c(c(C4CCCN4)c2)COCC3)cc1-c1ccc(F)cn1. The molecule has 6 heteroatoms. The number of hydrogen-bond donors (Lipinski definition) is 2. The van der Waals surface area contributed by atoms with E-state index in [1.54, 1.807) is 12.3 Å². The Morgan fingerprint density at radius 1 is 1.10 bits per heavy atom. The minimum Gasteiger partial charge on any atom is -0.383 e. The van der Waals surface area contributed by atoms with Crippen molar-refractivity contribution < 1.29 is 9.13 Å². The number of nitrogens with two attached hydrogens (primary N) is 1. The lowest BCUT2D eigenvalue weighted by atomic mass is 9.88. The third-order valence-corrected chi connectivity index (χ3v) is 5.83. The summed E-state index contributed by atoms with van der Waals surface area (Å²) in [6, 6.07) is 9.87. The maximum Gasteiger partial charge on any atom is 0.141 e. The molecule has 0 saturated carbocycles. The molecule has 0 spiro atoms. The van der Waals surface area contributed by atoms with Crippen LogP contribution in [-0.2, 0) is 17.8 Å². The van der Waals surface area contributed by atoms with Gasteiger partial charge in [-0.15, -0.1) is 0 Å². The Morgan fingerprint density at radius 2 is 2.03 bits per heavy atom. The second-order valence-corrected chi connectivity index (χ2v) is 7.67. The smallest absolute Gasteiger partial charge is 0.141 e. The van der Waals surface area contributed by atoms with Gasteiger partial charge in [0.25, 0.3) is 0 Å². The van der Waals surface area contributed by atoms with E-state index in [2.05, 4.69) is 27.4 Å². The van der Waals surface area contributed by atoms with Crippen molar-refractivity contribution in [3.05, 3.63) is 65.2 Å². The number of nitrogens with one attached hydrogen (secondary N) is 1. The van der Waals surface area contributed by atoms with E-state index in [1.165, 1.54) is 35.4 Å². The summed E-state index contributed by atoms with van der Waals surface area (Å²) < 4.78 is 19.0. The third kappa shape index (κ3) is 3.50. The van der Waals surface area contributed by atoms with Gasteiger partial charge < -0.3 is 15.8 Å². The van der Waals surface area contributed by atoms with Crippen LogP contribution in [0.25, 0.3) is 22.4 Å². The van der Waals surface area contributed by atoms with E-state index in [9.17, 15) is 4.39 Å². The van der Waals surface area contributed by atoms with Crippen molar-refractivity contribution in [2.45, 2.75) is 31.9 Å². The summed E-state index contributed by atoms with van der Waals surface area (Å²) in [4.78, 5) is 8.57. The van der Waals surface area contributed by atoms with Gasteiger partial charge in [-0.05, 0) is 72.3 Å². The second-order valence-electron chi connectivity index (χ2n) is 7.67. The first-order valence-electron chi connectivity index (χ1n) is 10.0. The Bertz CT molecular complexity index is 1050. The van der Waals surface area contributed by atoms with Crippen LogP contribution in [0, 0.1) is 5.82 Å². The van der Waals surface area contributed by atoms with Crippen LogP contribution in [0.3, 0.4) is 0 Å². The highest BCUT2D eigenvalue weighted by molar-refractivity contribution is 5.78. The molecule has 4 heterocycles. The molecule has 0 bridgehead atoms. The van der Waals surface area contributed by atoms with Crippen molar-refractivity contribution in [1.82, 2.24) is 15.3 Å². The highest BCUT2D eigenvalue weighted by atomic mass is 19.1. The van der Waals surface area contributed by atoms with Crippen LogP contribution < -0.4 is 11.1 Å². The second kappa shape index (κ2) is 7.54. The van der Waals surface area contributed by atoms with Gasteiger partial charge in [0.15, 0.2) is 0 Å². The first-order valence-corrected chi connectivity index (χ1v) is 10.0. The van der Waals surface area contributed by atoms with E-state index in [4.69, 9.17) is 10.5 Å². The molecular formula is C23H23FN4O. The first kappa shape index (κ1) is 18.2. The molecule has 29 heavy (non-hydrogen) atoms. The van der Waals surface area contributed by atoms with Crippen molar-refractivity contribution in [3.8, 4) is 22.4 Å². The zero-order chi connectivity index (χ0) is 19.8. The molecule has 3 aromatic rings. The van der Waals surface area contributed by atoms with Gasteiger partial charge in [-0.3, -0.25) is 4.98 Å². The molecule has 5 rings (SSSR count). The molecule has 2 aliphatic heterocycles. The van der Waals surface area contributed by atoms with Gasteiger partial charge in [-0.25, -0.2) is 9.37 Å². The fourth-order valence-electron chi connectivity index (χ4n) is 4.31. The summed E-state index contributed by atoms with van der Waals surface area (Å²) in [5, 5.41) is 3.62. The topological polar surface area (TPSA) is 73.1 Å². The van der Waals surface area contributed by atoms with Crippen molar-refractivity contribution in [2.75, 3.05) is 18.9 Å². The van der Waals surface area contributed by atoms with E-state index in [0.717, 1.165) is 37.1 Å². The molecule has 1 atom stereocenters. The summed E-state index contributed by atoms with van der Waals surface area (Å²) in [7, 11) is 0.